The number of pyridine rings is 1. The molecule has 0 aliphatic rings. The molecule has 2 aromatic carbocycles. The maximum absolute atomic E-state index is 15.0. The number of amides is 1. The van der Waals surface area contributed by atoms with E-state index in [1.54, 1.807) is 30.3 Å². The van der Waals surface area contributed by atoms with Crippen LogP contribution in [0.1, 0.15) is 55.2 Å². The van der Waals surface area contributed by atoms with Crippen molar-refractivity contribution in [1.29, 1.82) is 0 Å². The molecule has 190 valence electrons. The average molecular weight is 510 g/mol. The first-order valence-electron chi connectivity index (χ1n) is 10.6. The third-order valence-electron chi connectivity index (χ3n) is 5.35. The fourth-order valence-corrected chi connectivity index (χ4v) is 3.56. The number of carboxylic acid groups (broad SMARTS) is 1. The van der Waals surface area contributed by atoms with Gasteiger partial charge in [-0.1, -0.05) is 40.9 Å². The lowest BCUT2D eigenvalue weighted by Gasteiger charge is -2.20. The highest BCUT2D eigenvalue weighted by atomic mass is 19.4. The van der Waals surface area contributed by atoms with E-state index in [4.69, 9.17) is 5.11 Å². The molecule has 0 spiro atoms. The number of benzene rings is 2. The highest BCUT2D eigenvalue weighted by molar-refractivity contribution is 5.91. The Morgan fingerprint density at radius 3 is 2.25 bits per heavy atom. The molecule has 1 amide bonds. The Morgan fingerprint density at radius 1 is 0.972 bits per heavy atom. The number of rotatable bonds is 8. The van der Waals surface area contributed by atoms with Gasteiger partial charge in [0.2, 0.25) is 0 Å². The smallest absolute Gasteiger partial charge is 0.416 e. The van der Waals surface area contributed by atoms with Gasteiger partial charge in [0.1, 0.15) is 5.69 Å². The van der Waals surface area contributed by atoms with Crippen LogP contribution in [0.25, 0.3) is 0 Å². The van der Waals surface area contributed by atoms with Crippen molar-refractivity contribution in [1.82, 2.24) is 10.1 Å². The molecule has 0 atom stereocenters. The number of aromatic carboxylic acids is 1. The van der Waals surface area contributed by atoms with E-state index in [9.17, 15) is 27.2 Å². The van der Waals surface area contributed by atoms with Crippen molar-refractivity contribution in [2.24, 2.45) is 0 Å². The van der Waals surface area contributed by atoms with E-state index < -0.39 is 71.3 Å². The second kappa shape index (κ2) is 10.4. The van der Waals surface area contributed by atoms with Crippen molar-refractivity contribution in [3.8, 4) is 0 Å². The van der Waals surface area contributed by atoms with Crippen molar-refractivity contribution >= 4 is 11.9 Å². The zero-order chi connectivity index (χ0) is 26.7. The Morgan fingerprint density at radius 2 is 1.64 bits per heavy atom. The van der Waals surface area contributed by atoms with Gasteiger partial charge in [0.15, 0.2) is 0 Å². The lowest BCUT2D eigenvalue weighted by Crippen LogP contribution is -2.25. The number of carbonyl (C=O) groups excluding carboxylic acids is 1. The molecule has 0 aliphatic carbocycles. The minimum absolute atomic E-state index is 0.00886. The molecule has 1 heterocycles. The van der Waals surface area contributed by atoms with Crippen LogP contribution < -0.4 is 0 Å². The van der Waals surface area contributed by atoms with Crippen LogP contribution in [0.5, 0.6) is 0 Å². The van der Waals surface area contributed by atoms with E-state index in [2.05, 4.69) is 4.98 Å². The summed E-state index contributed by atoms with van der Waals surface area (Å²) in [7, 11) is 0. The minimum Gasteiger partial charge on any atom is -0.478 e. The Labute approximate surface area is 201 Å². The Hall–Kier alpha value is -3.89. The highest BCUT2D eigenvalue weighted by Crippen LogP contribution is 2.37. The van der Waals surface area contributed by atoms with Crippen LogP contribution in [0, 0.1) is 6.92 Å². The molecular formula is C25H20F6N2O3. The van der Waals surface area contributed by atoms with E-state index in [-0.39, 0.29) is 10.8 Å². The largest absolute Gasteiger partial charge is 0.478 e. The second-order valence-electron chi connectivity index (χ2n) is 8.07. The number of aromatic nitrogens is 1. The molecule has 11 heteroatoms. The molecule has 1 N–H and O–H groups in total. The Kier molecular flexibility index (Phi) is 7.71. The number of hydrogen-bond acceptors (Lipinski definition) is 3. The standard InChI is InChI=1S/C25H20F6N2O3/c1-15-11-19(13-21(32-15)22(34)33(31)14-16-5-3-2-4-6-16)24(26,27)10-9-17-7-8-18(23(35)36)12-20(17)25(28,29)30/h2-8,11-13H,9-10,14H2,1H3,(H,35,36). The molecule has 5 nitrogen and oxygen atoms in total. The summed E-state index contributed by atoms with van der Waals surface area (Å²) in [4.78, 5) is 27.3. The maximum atomic E-state index is 15.0. The van der Waals surface area contributed by atoms with Crippen molar-refractivity contribution < 1.29 is 41.1 Å². The van der Waals surface area contributed by atoms with Gasteiger partial charge in [-0.05, 0) is 48.7 Å². The number of carboxylic acids is 1. The van der Waals surface area contributed by atoms with E-state index in [1.165, 1.54) is 6.92 Å². The molecule has 3 rings (SSSR count). The second-order valence-corrected chi connectivity index (χ2v) is 8.07. The van der Waals surface area contributed by atoms with E-state index in [0.29, 0.717) is 17.7 Å². The molecular weight excluding hydrogens is 490 g/mol. The summed E-state index contributed by atoms with van der Waals surface area (Å²) in [6.45, 7) is 0.885. The van der Waals surface area contributed by atoms with Crippen LogP contribution in [0.4, 0.5) is 26.4 Å². The van der Waals surface area contributed by atoms with Crippen molar-refractivity contribution in [2.75, 3.05) is 0 Å². The van der Waals surface area contributed by atoms with Crippen LogP contribution in [-0.4, -0.2) is 27.1 Å². The molecule has 0 aliphatic heterocycles. The molecule has 0 saturated heterocycles. The van der Waals surface area contributed by atoms with Gasteiger partial charge in [0.25, 0.3) is 11.8 Å². The number of halogens is 6. The van der Waals surface area contributed by atoms with Gasteiger partial charge in [-0.25, -0.2) is 18.6 Å². The summed E-state index contributed by atoms with van der Waals surface area (Å²) in [6, 6.07) is 11.9. The first-order chi connectivity index (χ1) is 16.8. The van der Waals surface area contributed by atoms with E-state index in [0.717, 1.165) is 18.2 Å². The Balaban J connectivity index is 1.83. The van der Waals surface area contributed by atoms with Gasteiger partial charge in [-0.2, -0.15) is 18.3 Å². The molecule has 1 aromatic heterocycles. The maximum Gasteiger partial charge on any atom is 0.416 e. The fraction of sp³-hybridized carbons (Fsp3) is 0.240. The summed E-state index contributed by atoms with van der Waals surface area (Å²) in [5.74, 6) is -6.53. The zero-order valence-corrected chi connectivity index (χ0v) is 18.8. The van der Waals surface area contributed by atoms with Gasteiger partial charge in [-0.3, -0.25) is 4.79 Å². The van der Waals surface area contributed by atoms with Crippen LogP contribution >= 0.6 is 0 Å². The molecule has 0 bridgehead atoms. The van der Waals surface area contributed by atoms with Gasteiger partial charge >= 0.3 is 12.1 Å². The number of hydrogen-bond donors (Lipinski definition) is 1. The first-order valence-corrected chi connectivity index (χ1v) is 10.6. The van der Waals surface area contributed by atoms with Crippen molar-refractivity contribution in [3.63, 3.8) is 0 Å². The highest BCUT2D eigenvalue weighted by Gasteiger charge is 2.37. The summed E-state index contributed by atoms with van der Waals surface area (Å²) < 4.78 is 84.7. The monoisotopic (exact) mass is 510 g/mol. The number of carbonyl (C=O) groups is 2. The predicted molar refractivity (Wildman–Crippen MR) is 117 cm³/mol. The number of nitrogens with zero attached hydrogens (tertiary/aromatic N) is 2. The van der Waals surface area contributed by atoms with Crippen LogP contribution in [0.3, 0.4) is 0 Å². The lowest BCUT2D eigenvalue weighted by molar-refractivity contribution is -0.138. The molecule has 3 aromatic rings. The van der Waals surface area contributed by atoms with Gasteiger partial charge in [-0.15, -0.1) is 0 Å². The normalized spacial score (nSPS) is 11.9. The summed E-state index contributed by atoms with van der Waals surface area (Å²) in [6.07, 6.45) is -6.77. The van der Waals surface area contributed by atoms with E-state index >= 15 is 8.78 Å². The van der Waals surface area contributed by atoms with Gasteiger partial charge in [0.05, 0.1) is 17.7 Å². The molecule has 0 saturated carbocycles. The minimum atomic E-state index is -4.95. The summed E-state index contributed by atoms with van der Waals surface area (Å²) >= 11 is 0. The van der Waals surface area contributed by atoms with Crippen molar-refractivity contribution in [3.05, 3.63) is 99.9 Å². The van der Waals surface area contributed by atoms with Gasteiger partial charge < -0.3 is 5.11 Å². The van der Waals surface area contributed by atoms with Gasteiger partial charge in [0, 0.05) is 17.7 Å². The number of alkyl halides is 5. The predicted octanol–water partition coefficient (Wildman–Crippen LogP) is 6.36. The summed E-state index contributed by atoms with van der Waals surface area (Å²) in [5.41, 5.74) is -3.29. The lowest BCUT2D eigenvalue weighted by atomic mass is 9.95. The first kappa shape index (κ1) is 26.7. The topological polar surface area (TPSA) is 70.5 Å². The fourth-order valence-electron chi connectivity index (χ4n) is 3.56. The third kappa shape index (κ3) is 6.41. The molecule has 0 radical (unpaired) electrons. The quantitative estimate of drug-likeness (QED) is 0.283. The zero-order valence-electron chi connectivity index (χ0n) is 18.8. The SMILES string of the molecule is Cc1cc(C(F)(F)CCc2ccc(C(=O)O)cc2C(F)(F)F)cc(C(=O)N(F)Cc2ccccc2)n1. The van der Waals surface area contributed by atoms with Crippen LogP contribution in [-0.2, 0) is 25.1 Å². The van der Waals surface area contributed by atoms with Crippen molar-refractivity contribution in [2.45, 2.75) is 38.4 Å². The third-order valence-corrected chi connectivity index (χ3v) is 5.35. The van der Waals surface area contributed by atoms with E-state index in [1.807, 2.05) is 0 Å². The average Bonchev–Trinajstić information content (AvgIpc) is 2.81. The van der Waals surface area contributed by atoms with Crippen LogP contribution in [0.15, 0.2) is 60.7 Å². The van der Waals surface area contributed by atoms with Crippen LogP contribution in [0.2, 0.25) is 0 Å². The molecule has 0 fully saturated rings. The number of aryl methyl sites for hydroxylation is 2. The summed E-state index contributed by atoms with van der Waals surface area (Å²) in [5, 5.41) is 8.77. The molecule has 0 unspecified atom stereocenters. The Bertz CT molecular complexity index is 1260. The molecule has 36 heavy (non-hydrogen) atoms.